The van der Waals surface area contributed by atoms with Gasteiger partial charge in [-0.15, -0.1) is 0 Å². The van der Waals surface area contributed by atoms with E-state index >= 15 is 0 Å². The van der Waals surface area contributed by atoms with Crippen molar-refractivity contribution in [2.75, 3.05) is 5.73 Å². The maximum atomic E-state index is 6.08. The van der Waals surface area contributed by atoms with Crippen LogP contribution in [0.3, 0.4) is 0 Å². The summed E-state index contributed by atoms with van der Waals surface area (Å²) >= 11 is 0. The molecule has 1 nitrogen and oxygen atoms in total. The Hall–Kier alpha value is -2.28. The van der Waals surface area contributed by atoms with Crippen LogP contribution in [0.25, 0.3) is 21.9 Å². The van der Waals surface area contributed by atoms with Gasteiger partial charge >= 0.3 is 0 Å². The standard InChI is InChI=1S/C17H15N/c1-12-10-11-15(14-7-3-2-6-13(12)14)16-8-4-5-9-17(16)18/h2-11H,18H2,1H3. The molecule has 0 heterocycles. The van der Waals surface area contributed by atoms with Gasteiger partial charge in [0.1, 0.15) is 0 Å². The fourth-order valence-electron chi connectivity index (χ4n) is 2.43. The predicted octanol–water partition coefficient (Wildman–Crippen LogP) is 4.40. The fraction of sp³-hybridized carbons (Fsp3) is 0.0588. The average molecular weight is 233 g/mol. The summed E-state index contributed by atoms with van der Waals surface area (Å²) in [7, 11) is 0. The largest absolute Gasteiger partial charge is 0.398 e. The van der Waals surface area contributed by atoms with Gasteiger partial charge < -0.3 is 5.73 Å². The summed E-state index contributed by atoms with van der Waals surface area (Å²) in [5, 5.41) is 2.55. The first kappa shape index (κ1) is 10.8. The van der Waals surface area contributed by atoms with E-state index in [4.69, 9.17) is 5.73 Å². The van der Waals surface area contributed by atoms with Gasteiger partial charge in [0.15, 0.2) is 0 Å². The SMILES string of the molecule is Cc1ccc(-c2ccccc2N)c2ccccc12. The Morgan fingerprint density at radius 2 is 1.33 bits per heavy atom. The minimum absolute atomic E-state index is 0.825. The number of nitrogens with two attached hydrogens (primary N) is 1. The average Bonchev–Trinajstić information content (AvgIpc) is 2.41. The van der Waals surface area contributed by atoms with E-state index in [1.165, 1.54) is 21.9 Å². The van der Waals surface area contributed by atoms with Crippen LogP contribution in [-0.4, -0.2) is 0 Å². The van der Waals surface area contributed by atoms with Crippen molar-refractivity contribution in [3.05, 3.63) is 66.2 Å². The third-order valence-corrected chi connectivity index (χ3v) is 3.39. The van der Waals surface area contributed by atoms with E-state index in [2.05, 4.69) is 49.4 Å². The van der Waals surface area contributed by atoms with Crippen molar-refractivity contribution in [1.82, 2.24) is 0 Å². The van der Waals surface area contributed by atoms with E-state index in [1.807, 2.05) is 18.2 Å². The van der Waals surface area contributed by atoms with Gasteiger partial charge in [-0.1, -0.05) is 54.6 Å². The molecule has 1 heteroatoms. The first-order valence-electron chi connectivity index (χ1n) is 6.10. The monoisotopic (exact) mass is 233 g/mol. The third-order valence-electron chi connectivity index (χ3n) is 3.39. The lowest BCUT2D eigenvalue weighted by atomic mass is 9.95. The smallest absolute Gasteiger partial charge is 0.0393 e. The number of fused-ring (bicyclic) bond motifs is 1. The maximum Gasteiger partial charge on any atom is 0.0393 e. The molecule has 0 atom stereocenters. The van der Waals surface area contributed by atoms with Crippen molar-refractivity contribution < 1.29 is 0 Å². The van der Waals surface area contributed by atoms with Crippen molar-refractivity contribution in [3.63, 3.8) is 0 Å². The first-order valence-corrected chi connectivity index (χ1v) is 6.10. The van der Waals surface area contributed by atoms with Gasteiger partial charge in [0.05, 0.1) is 0 Å². The lowest BCUT2D eigenvalue weighted by molar-refractivity contribution is 1.52. The molecule has 88 valence electrons. The Balaban J connectivity index is 2.38. The Morgan fingerprint density at radius 3 is 2.11 bits per heavy atom. The fourth-order valence-corrected chi connectivity index (χ4v) is 2.43. The molecule has 3 rings (SSSR count). The lowest BCUT2D eigenvalue weighted by Gasteiger charge is -2.11. The summed E-state index contributed by atoms with van der Waals surface area (Å²) < 4.78 is 0. The van der Waals surface area contributed by atoms with E-state index in [0.29, 0.717) is 0 Å². The summed E-state index contributed by atoms with van der Waals surface area (Å²) in [4.78, 5) is 0. The Morgan fingerprint density at radius 1 is 0.667 bits per heavy atom. The van der Waals surface area contributed by atoms with Gasteiger partial charge in [0.25, 0.3) is 0 Å². The van der Waals surface area contributed by atoms with Crippen LogP contribution >= 0.6 is 0 Å². The first-order chi connectivity index (χ1) is 8.77. The van der Waals surface area contributed by atoms with Crippen LogP contribution in [0, 0.1) is 6.92 Å². The second kappa shape index (κ2) is 4.19. The van der Waals surface area contributed by atoms with Gasteiger partial charge in [-0.2, -0.15) is 0 Å². The number of hydrogen-bond donors (Lipinski definition) is 1. The number of aryl methyl sites for hydroxylation is 1. The predicted molar refractivity (Wildman–Crippen MR) is 78.5 cm³/mol. The number of nitrogen functional groups attached to an aromatic ring is 1. The zero-order valence-corrected chi connectivity index (χ0v) is 10.4. The zero-order valence-electron chi connectivity index (χ0n) is 10.4. The molecule has 0 spiro atoms. The molecule has 0 bridgehead atoms. The van der Waals surface area contributed by atoms with Gasteiger partial charge in [-0.3, -0.25) is 0 Å². The Kier molecular flexibility index (Phi) is 2.52. The molecule has 0 aliphatic heterocycles. The Bertz CT molecular complexity index is 714. The Labute approximate surface area is 107 Å². The highest BCUT2D eigenvalue weighted by atomic mass is 14.6. The molecule has 0 aliphatic rings. The van der Waals surface area contributed by atoms with Gasteiger partial charge in [0, 0.05) is 11.3 Å². The number of benzene rings is 3. The molecule has 3 aromatic rings. The van der Waals surface area contributed by atoms with Gasteiger partial charge in [-0.05, 0) is 34.9 Å². The maximum absolute atomic E-state index is 6.08. The van der Waals surface area contributed by atoms with Gasteiger partial charge in [0.2, 0.25) is 0 Å². The minimum Gasteiger partial charge on any atom is -0.398 e. The van der Waals surface area contributed by atoms with E-state index in [-0.39, 0.29) is 0 Å². The molecule has 0 aliphatic carbocycles. The summed E-state index contributed by atoms with van der Waals surface area (Å²) in [6.45, 7) is 2.14. The normalized spacial score (nSPS) is 10.7. The van der Waals surface area contributed by atoms with Crippen LogP contribution in [0.4, 0.5) is 5.69 Å². The second-order valence-corrected chi connectivity index (χ2v) is 4.56. The summed E-state index contributed by atoms with van der Waals surface area (Å²) in [5.41, 5.74) is 10.5. The van der Waals surface area contributed by atoms with E-state index in [1.54, 1.807) is 0 Å². The molecule has 2 N–H and O–H groups in total. The molecule has 18 heavy (non-hydrogen) atoms. The highest BCUT2D eigenvalue weighted by Gasteiger charge is 2.07. The molecule has 3 aromatic carbocycles. The second-order valence-electron chi connectivity index (χ2n) is 4.56. The summed E-state index contributed by atoms with van der Waals surface area (Å²) in [5.74, 6) is 0. The van der Waals surface area contributed by atoms with Crippen molar-refractivity contribution in [1.29, 1.82) is 0 Å². The lowest BCUT2D eigenvalue weighted by Crippen LogP contribution is -1.90. The van der Waals surface area contributed by atoms with Gasteiger partial charge in [-0.25, -0.2) is 0 Å². The summed E-state index contributed by atoms with van der Waals surface area (Å²) in [6.07, 6.45) is 0. The highest BCUT2D eigenvalue weighted by Crippen LogP contribution is 2.33. The number of hydrogen-bond acceptors (Lipinski definition) is 1. The van der Waals surface area contributed by atoms with E-state index in [9.17, 15) is 0 Å². The molecule has 0 fully saturated rings. The summed E-state index contributed by atoms with van der Waals surface area (Å²) in [6, 6.07) is 20.8. The zero-order chi connectivity index (χ0) is 12.5. The van der Waals surface area contributed by atoms with Crippen molar-refractivity contribution >= 4 is 16.5 Å². The molecular weight excluding hydrogens is 218 g/mol. The van der Waals surface area contributed by atoms with E-state index < -0.39 is 0 Å². The van der Waals surface area contributed by atoms with Crippen molar-refractivity contribution in [2.45, 2.75) is 6.92 Å². The number of para-hydroxylation sites is 1. The van der Waals surface area contributed by atoms with Crippen LogP contribution in [0.2, 0.25) is 0 Å². The molecule has 0 saturated heterocycles. The number of rotatable bonds is 1. The van der Waals surface area contributed by atoms with Crippen LogP contribution < -0.4 is 5.73 Å². The molecular formula is C17H15N. The molecule has 0 saturated carbocycles. The highest BCUT2D eigenvalue weighted by molar-refractivity contribution is 6.00. The molecule has 0 amide bonds. The third kappa shape index (κ3) is 1.65. The molecule has 0 radical (unpaired) electrons. The van der Waals surface area contributed by atoms with E-state index in [0.717, 1.165) is 11.3 Å². The minimum atomic E-state index is 0.825. The van der Waals surface area contributed by atoms with Crippen LogP contribution in [0.5, 0.6) is 0 Å². The number of anilines is 1. The van der Waals surface area contributed by atoms with Crippen molar-refractivity contribution in [2.24, 2.45) is 0 Å². The van der Waals surface area contributed by atoms with Crippen LogP contribution in [0.1, 0.15) is 5.56 Å². The van der Waals surface area contributed by atoms with Crippen molar-refractivity contribution in [3.8, 4) is 11.1 Å². The quantitative estimate of drug-likeness (QED) is 0.619. The topological polar surface area (TPSA) is 26.0 Å². The molecule has 0 aromatic heterocycles. The van der Waals surface area contributed by atoms with Crippen LogP contribution in [0.15, 0.2) is 60.7 Å². The molecule has 0 unspecified atom stereocenters. The van der Waals surface area contributed by atoms with Crippen LogP contribution in [-0.2, 0) is 0 Å².